The van der Waals surface area contributed by atoms with Gasteiger partial charge in [0.25, 0.3) is 0 Å². The van der Waals surface area contributed by atoms with Crippen LogP contribution in [-0.2, 0) is 4.79 Å². The normalized spacial score (nSPS) is 14.7. The first-order chi connectivity index (χ1) is 14.7. The Labute approximate surface area is 175 Å². The van der Waals surface area contributed by atoms with Crippen LogP contribution < -0.4 is 10.2 Å². The molecule has 1 N–H and O–H groups in total. The van der Waals surface area contributed by atoms with E-state index in [2.05, 4.69) is 10.5 Å². The molecule has 4 rings (SSSR count). The molecule has 30 heavy (non-hydrogen) atoms. The molecule has 0 radical (unpaired) electrons. The van der Waals surface area contributed by atoms with E-state index in [0.29, 0.717) is 11.3 Å². The number of nitrogens with one attached hydrogen (secondary N) is 1. The molecule has 0 aromatic heterocycles. The molecule has 1 aliphatic rings. The Morgan fingerprint density at radius 1 is 0.900 bits per heavy atom. The minimum absolute atomic E-state index is 0.00779. The Hall–Kier alpha value is -3.47. The summed E-state index contributed by atoms with van der Waals surface area (Å²) in [6, 6.07) is 20.3. The van der Waals surface area contributed by atoms with Gasteiger partial charge in [0.15, 0.2) is 0 Å². The number of ether oxygens (including phenoxy) is 1. The molecule has 3 aromatic carbocycles. The average Bonchev–Trinajstić information content (AvgIpc) is 2.80. The third-order valence-corrected chi connectivity index (χ3v) is 5.46. The van der Waals surface area contributed by atoms with Crippen molar-refractivity contribution in [3.8, 4) is 5.75 Å². The predicted octanol–water partition coefficient (Wildman–Crippen LogP) is 5.09. The number of hydrazone groups is 1. The molecule has 1 saturated carbocycles. The monoisotopic (exact) mass is 400 g/mol. The fourth-order valence-corrected chi connectivity index (χ4v) is 3.81. The van der Waals surface area contributed by atoms with Crippen LogP contribution >= 0.6 is 0 Å². The average molecular weight is 400 g/mol. The molecule has 1 amide bonds. The predicted molar refractivity (Wildman–Crippen MR) is 118 cm³/mol. The molecule has 5 nitrogen and oxygen atoms in total. The van der Waals surface area contributed by atoms with Crippen molar-refractivity contribution in [2.75, 3.05) is 0 Å². The highest BCUT2D eigenvalue weighted by atomic mass is 16.5. The number of rotatable bonds is 5. The summed E-state index contributed by atoms with van der Waals surface area (Å²) in [4.78, 5) is 24.7. The molecule has 0 saturated heterocycles. The minimum atomic E-state index is -0.395. The number of nitrogens with zero attached hydrogens (tertiary/aromatic N) is 1. The van der Waals surface area contributed by atoms with Crippen LogP contribution in [0.5, 0.6) is 5.75 Å². The van der Waals surface area contributed by atoms with Crippen LogP contribution in [0.15, 0.2) is 71.8 Å². The lowest BCUT2D eigenvalue weighted by Crippen LogP contribution is -2.28. The first-order valence-corrected chi connectivity index (χ1v) is 10.3. The van der Waals surface area contributed by atoms with Gasteiger partial charge in [-0.3, -0.25) is 4.79 Å². The van der Waals surface area contributed by atoms with Crippen LogP contribution in [0.2, 0.25) is 0 Å². The summed E-state index contributed by atoms with van der Waals surface area (Å²) < 4.78 is 5.53. The first kappa shape index (κ1) is 19.8. The van der Waals surface area contributed by atoms with Crippen LogP contribution in [0.3, 0.4) is 0 Å². The van der Waals surface area contributed by atoms with Gasteiger partial charge in [0.2, 0.25) is 5.91 Å². The van der Waals surface area contributed by atoms with Gasteiger partial charge in [-0.15, -0.1) is 0 Å². The van der Waals surface area contributed by atoms with E-state index in [9.17, 15) is 9.59 Å². The second-order valence-corrected chi connectivity index (χ2v) is 7.55. The van der Waals surface area contributed by atoms with Crippen molar-refractivity contribution in [1.82, 2.24) is 5.43 Å². The highest BCUT2D eigenvalue weighted by Crippen LogP contribution is 2.23. The van der Waals surface area contributed by atoms with Gasteiger partial charge in [-0.2, -0.15) is 5.10 Å². The van der Waals surface area contributed by atoms with Gasteiger partial charge in [0.05, 0.1) is 11.8 Å². The molecule has 3 aromatic rings. The van der Waals surface area contributed by atoms with Crippen LogP contribution in [0, 0.1) is 5.92 Å². The first-order valence-electron chi connectivity index (χ1n) is 10.3. The third kappa shape index (κ3) is 4.74. The van der Waals surface area contributed by atoms with Crippen molar-refractivity contribution >= 4 is 28.9 Å². The Morgan fingerprint density at radius 3 is 2.43 bits per heavy atom. The largest absolute Gasteiger partial charge is 0.423 e. The molecule has 0 spiro atoms. The maximum atomic E-state index is 12.6. The lowest BCUT2D eigenvalue weighted by atomic mass is 9.89. The van der Waals surface area contributed by atoms with E-state index in [4.69, 9.17) is 4.74 Å². The van der Waals surface area contributed by atoms with Gasteiger partial charge in [0, 0.05) is 5.92 Å². The van der Waals surface area contributed by atoms with Gasteiger partial charge in [-0.25, -0.2) is 10.2 Å². The molecule has 0 heterocycles. The number of carbonyl (C=O) groups excluding carboxylic acids is 2. The fraction of sp³-hybridized carbons (Fsp3) is 0.240. The van der Waals surface area contributed by atoms with Crippen LogP contribution in [0.25, 0.3) is 10.8 Å². The fourth-order valence-electron chi connectivity index (χ4n) is 3.81. The van der Waals surface area contributed by atoms with Crippen molar-refractivity contribution < 1.29 is 14.3 Å². The number of hydrogen-bond acceptors (Lipinski definition) is 4. The van der Waals surface area contributed by atoms with E-state index in [1.165, 1.54) is 6.42 Å². The number of amides is 1. The molecule has 0 atom stereocenters. The second-order valence-electron chi connectivity index (χ2n) is 7.55. The summed E-state index contributed by atoms with van der Waals surface area (Å²) >= 11 is 0. The summed E-state index contributed by atoms with van der Waals surface area (Å²) in [7, 11) is 0. The van der Waals surface area contributed by atoms with Crippen LogP contribution in [0.4, 0.5) is 0 Å². The Morgan fingerprint density at radius 2 is 1.63 bits per heavy atom. The molecule has 5 heteroatoms. The summed E-state index contributed by atoms with van der Waals surface area (Å²) in [6.45, 7) is 0. The Bertz CT molecular complexity index is 1060. The van der Waals surface area contributed by atoms with Gasteiger partial charge in [0.1, 0.15) is 5.75 Å². The molecule has 1 fully saturated rings. The van der Waals surface area contributed by atoms with Crippen molar-refractivity contribution in [3.05, 3.63) is 77.9 Å². The quantitative estimate of drug-likeness (QED) is 0.281. The maximum Gasteiger partial charge on any atom is 0.344 e. The van der Waals surface area contributed by atoms with Crippen LogP contribution in [0.1, 0.15) is 48.0 Å². The molecule has 152 valence electrons. The summed E-state index contributed by atoms with van der Waals surface area (Å²) in [5.74, 6) is 0.127. The zero-order valence-electron chi connectivity index (χ0n) is 16.7. The van der Waals surface area contributed by atoms with Gasteiger partial charge in [-0.1, -0.05) is 55.7 Å². The van der Waals surface area contributed by atoms with E-state index < -0.39 is 5.97 Å². The molecule has 0 bridgehead atoms. The van der Waals surface area contributed by atoms with E-state index in [1.807, 2.05) is 36.4 Å². The molecule has 0 unspecified atom stereocenters. The molecule has 1 aliphatic carbocycles. The van der Waals surface area contributed by atoms with Crippen molar-refractivity contribution in [2.24, 2.45) is 11.0 Å². The minimum Gasteiger partial charge on any atom is -0.423 e. The number of esters is 1. The highest BCUT2D eigenvalue weighted by molar-refractivity contribution is 6.05. The standard InChI is InChI=1S/C25H24N2O3/c28-24(20-8-2-1-3-9-20)27-26-17-18-13-15-21(16-14-18)30-25(29)23-12-6-10-19-7-4-5-11-22(19)23/h4-7,10-17,20H,1-3,8-9H2,(H,27,28). The summed E-state index contributed by atoms with van der Waals surface area (Å²) in [6.07, 6.45) is 6.92. The summed E-state index contributed by atoms with van der Waals surface area (Å²) in [5, 5.41) is 5.91. The lowest BCUT2D eigenvalue weighted by Gasteiger charge is -2.19. The smallest absolute Gasteiger partial charge is 0.344 e. The van der Waals surface area contributed by atoms with E-state index in [0.717, 1.165) is 42.0 Å². The van der Waals surface area contributed by atoms with Gasteiger partial charge >= 0.3 is 5.97 Å². The Kier molecular flexibility index (Phi) is 6.18. The number of carbonyl (C=O) groups is 2. The van der Waals surface area contributed by atoms with Crippen LogP contribution in [-0.4, -0.2) is 18.1 Å². The zero-order valence-corrected chi connectivity index (χ0v) is 16.7. The van der Waals surface area contributed by atoms with Crippen molar-refractivity contribution in [2.45, 2.75) is 32.1 Å². The lowest BCUT2D eigenvalue weighted by molar-refractivity contribution is -0.125. The summed E-state index contributed by atoms with van der Waals surface area (Å²) in [5.41, 5.74) is 3.97. The number of hydrogen-bond donors (Lipinski definition) is 1. The topological polar surface area (TPSA) is 67.8 Å². The molecular weight excluding hydrogens is 376 g/mol. The Balaban J connectivity index is 1.36. The van der Waals surface area contributed by atoms with Gasteiger partial charge < -0.3 is 4.74 Å². The van der Waals surface area contributed by atoms with Gasteiger partial charge in [-0.05, 0) is 59.5 Å². The van der Waals surface area contributed by atoms with Crippen molar-refractivity contribution in [3.63, 3.8) is 0 Å². The molecule has 0 aliphatic heterocycles. The number of benzene rings is 3. The van der Waals surface area contributed by atoms with E-state index in [-0.39, 0.29) is 11.8 Å². The highest BCUT2D eigenvalue weighted by Gasteiger charge is 2.20. The van der Waals surface area contributed by atoms with Crippen molar-refractivity contribution in [1.29, 1.82) is 0 Å². The zero-order chi connectivity index (χ0) is 20.8. The third-order valence-electron chi connectivity index (χ3n) is 5.46. The van der Waals surface area contributed by atoms with E-state index in [1.54, 1.807) is 36.5 Å². The number of fused-ring (bicyclic) bond motifs is 1. The van der Waals surface area contributed by atoms with E-state index >= 15 is 0 Å². The second kappa shape index (κ2) is 9.35. The SMILES string of the molecule is O=C(Oc1ccc(C=NNC(=O)C2CCCCC2)cc1)c1cccc2ccccc12. The maximum absolute atomic E-state index is 12.6. The molecular formula is C25H24N2O3.